The number of rotatable bonds is 4. The summed E-state index contributed by atoms with van der Waals surface area (Å²) in [6.45, 7) is 6.02. The van der Waals surface area contributed by atoms with Crippen LogP contribution >= 0.6 is 27.3 Å². The predicted octanol–water partition coefficient (Wildman–Crippen LogP) is 4.44. The zero-order valence-electron chi connectivity index (χ0n) is 11.5. The molecule has 0 saturated heterocycles. The fourth-order valence-corrected chi connectivity index (χ4v) is 2.75. The molecule has 0 aliphatic heterocycles. The molecule has 0 fully saturated rings. The highest BCUT2D eigenvalue weighted by atomic mass is 79.9. The molecule has 0 atom stereocenters. The summed E-state index contributed by atoms with van der Waals surface area (Å²) in [7, 11) is 0. The number of benzene rings is 1. The highest BCUT2D eigenvalue weighted by Crippen LogP contribution is 2.27. The number of nitrogens with zero attached hydrogens (tertiary/aromatic N) is 1. The van der Waals surface area contributed by atoms with Gasteiger partial charge in [0.2, 0.25) is 0 Å². The fourth-order valence-electron chi connectivity index (χ4n) is 1.68. The highest BCUT2D eigenvalue weighted by molar-refractivity contribution is 9.10. The lowest BCUT2D eigenvalue weighted by atomic mass is 10.2. The van der Waals surface area contributed by atoms with Crippen LogP contribution in [0.25, 0.3) is 0 Å². The molecule has 106 valence electrons. The summed E-state index contributed by atoms with van der Waals surface area (Å²) >= 11 is 4.90. The number of aromatic nitrogens is 1. The number of esters is 1. The van der Waals surface area contributed by atoms with Gasteiger partial charge in [-0.3, -0.25) is 0 Å². The van der Waals surface area contributed by atoms with Gasteiger partial charge in [0.15, 0.2) is 10.8 Å². The molecule has 6 heteroatoms. The quantitative estimate of drug-likeness (QED) is 0.824. The van der Waals surface area contributed by atoms with E-state index in [0.29, 0.717) is 17.4 Å². The second-order valence-corrected chi connectivity index (χ2v) is 6.29. The van der Waals surface area contributed by atoms with E-state index in [2.05, 4.69) is 26.2 Å². The van der Waals surface area contributed by atoms with Crippen molar-refractivity contribution in [2.45, 2.75) is 20.8 Å². The summed E-state index contributed by atoms with van der Waals surface area (Å²) in [6, 6.07) is 5.95. The summed E-state index contributed by atoms with van der Waals surface area (Å²) in [4.78, 5) is 16.9. The first-order valence-electron chi connectivity index (χ1n) is 6.19. The Morgan fingerprint density at radius 2 is 2.20 bits per heavy atom. The fraction of sp³-hybridized carbons (Fsp3) is 0.286. The van der Waals surface area contributed by atoms with E-state index >= 15 is 0 Å². The lowest BCUT2D eigenvalue weighted by molar-refractivity contribution is 0.0519. The SMILES string of the molecule is CCOC(=O)c1nc(Nc2ccc(Br)c(C)c2)sc1C. The van der Waals surface area contributed by atoms with Gasteiger partial charge in [-0.25, -0.2) is 9.78 Å². The molecule has 2 aromatic rings. The van der Waals surface area contributed by atoms with Gasteiger partial charge in [0.25, 0.3) is 0 Å². The molecule has 1 aromatic heterocycles. The van der Waals surface area contributed by atoms with Gasteiger partial charge >= 0.3 is 5.97 Å². The first kappa shape index (κ1) is 15.0. The number of aryl methyl sites for hydroxylation is 2. The van der Waals surface area contributed by atoms with E-state index in [0.717, 1.165) is 20.6 Å². The van der Waals surface area contributed by atoms with Crippen LogP contribution in [0.3, 0.4) is 0 Å². The van der Waals surface area contributed by atoms with Crippen molar-refractivity contribution in [1.29, 1.82) is 0 Å². The topological polar surface area (TPSA) is 51.2 Å². The average Bonchev–Trinajstić information content (AvgIpc) is 2.75. The number of hydrogen-bond acceptors (Lipinski definition) is 5. The van der Waals surface area contributed by atoms with E-state index in [1.165, 1.54) is 11.3 Å². The molecule has 1 aromatic carbocycles. The van der Waals surface area contributed by atoms with Crippen LogP contribution in [0.5, 0.6) is 0 Å². The summed E-state index contributed by atoms with van der Waals surface area (Å²) in [6.07, 6.45) is 0. The Hall–Kier alpha value is -1.40. The molecule has 1 heterocycles. The monoisotopic (exact) mass is 354 g/mol. The highest BCUT2D eigenvalue weighted by Gasteiger charge is 2.16. The van der Waals surface area contributed by atoms with Gasteiger partial charge in [-0.15, -0.1) is 11.3 Å². The number of carbonyl (C=O) groups is 1. The molecular formula is C14H15BrN2O2S. The molecule has 1 N–H and O–H groups in total. The maximum atomic E-state index is 11.7. The third-order valence-electron chi connectivity index (χ3n) is 2.67. The number of nitrogens with one attached hydrogen (secondary N) is 1. The van der Waals surface area contributed by atoms with Crippen molar-refractivity contribution in [3.8, 4) is 0 Å². The maximum absolute atomic E-state index is 11.7. The lowest BCUT2D eigenvalue weighted by Crippen LogP contribution is -2.06. The zero-order chi connectivity index (χ0) is 14.7. The molecule has 2 rings (SSSR count). The lowest BCUT2D eigenvalue weighted by Gasteiger charge is -2.04. The van der Waals surface area contributed by atoms with Crippen LogP contribution in [0, 0.1) is 13.8 Å². The minimum Gasteiger partial charge on any atom is -0.461 e. The third-order valence-corrected chi connectivity index (χ3v) is 4.45. The molecule has 0 radical (unpaired) electrons. The van der Waals surface area contributed by atoms with E-state index in [4.69, 9.17) is 4.74 Å². The molecule has 20 heavy (non-hydrogen) atoms. The van der Waals surface area contributed by atoms with E-state index < -0.39 is 0 Å². The van der Waals surface area contributed by atoms with Gasteiger partial charge in [0.05, 0.1) is 6.61 Å². The smallest absolute Gasteiger partial charge is 0.358 e. The zero-order valence-corrected chi connectivity index (χ0v) is 13.9. The van der Waals surface area contributed by atoms with Gasteiger partial charge in [-0.2, -0.15) is 0 Å². The molecule has 0 saturated carbocycles. The Morgan fingerprint density at radius 1 is 1.45 bits per heavy atom. The summed E-state index contributed by atoms with van der Waals surface area (Å²) in [5, 5.41) is 3.90. The van der Waals surface area contributed by atoms with E-state index in [9.17, 15) is 4.79 Å². The largest absolute Gasteiger partial charge is 0.461 e. The van der Waals surface area contributed by atoms with Crippen molar-refractivity contribution < 1.29 is 9.53 Å². The van der Waals surface area contributed by atoms with Crippen LogP contribution in [0.15, 0.2) is 22.7 Å². The van der Waals surface area contributed by atoms with E-state index in [-0.39, 0.29) is 5.97 Å². The van der Waals surface area contributed by atoms with Crippen molar-refractivity contribution in [3.05, 3.63) is 38.8 Å². The summed E-state index contributed by atoms with van der Waals surface area (Å²) in [5.74, 6) is -0.374. The van der Waals surface area contributed by atoms with E-state index in [1.54, 1.807) is 6.92 Å². The Bertz CT molecular complexity index is 640. The normalized spacial score (nSPS) is 10.4. The van der Waals surface area contributed by atoms with Gasteiger partial charge in [0, 0.05) is 15.0 Å². The van der Waals surface area contributed by atoms with E-state index in [1.807, 2.05) is 32.0 Å². The number of ether oxygens (including phenoxy) is 1. The minimum atomic E-state index is -0.374. The van der Waals surface area contributed by atoms with Crippen LogP contribution in [0.2, 0.25) is 0 Å². The van der Waals surface area contributed by atoms with Crippen molar-refractivity contribution in [2.75, 3.05) is 11.9 Å². The number of thiazole rings is 1. The van der Waals surface area contributed by atoms with Gasteiger partial charge in [0.1, 0.15) is 0 Å². The number of anilines is 2. The Kier molecular flexibility index (Phi) is 4.77. The third kappa shape index (κ3) is 3.37. The van der Waals surface area contributed by atoms with Crippen molar-refractivity contribution in [3.63, 3.8) is 0 Å². The molecule has 0 aliphatic carbocycles. The van der Waals surface area contributed by atoms with Crippen LogP contribution in [-0.2, 0) is 4.74 Å². The second kappa shape index (κ2) is 6.37. The van der Waals surface area contributed by atoms with Crippen molar-refractivity contribution >= 4 is 44.1 Å². The number of carbonyl (C=O) groups excluding carboxylic acids is 1. The Labute approximate surface area is 130 Å². The first-order chi connectivity index (χ1) is 9.51. The average molecular weight is 355 g/mol. The van der Waals surface area contributed by atoms with Gasteiger partial charge in [-0.1, -0.05) is 15.9 Å². The predicted molar refractivity (Wildman–Crippen MR) is 85.0 cm³/mol. The standard InChI is InChI=1S/C14H15BrN2O2S/c1-4-19-13(18)12-9(3)20-14(17-12)16-10-5-6-11(15)8(2)7-10/h5-7H,4H2,1-3H3,(H,16,17). The maximum Gasteiger partial charge on any atom is 0.358 e. The van der Waals surface area contributed by atoms with Crippen LogP contribution in [-0.4, -0.2) is 17.6 Å². The van der Waals surface area contributed by atoms with Gasteiger partial charge < -0.3 is 10.1 Å². The summed E-state index contributed by atoms with van der Waals surface area (Å²) < 4.78 is 6.04. The number of halogens is 1. The van der Waals surface area contributed by atoms with Crippen LogP contribution in [0.1, 0.15) is 27.9 Å². The van der Waals surface area contributed by atoms with Crippen molar-refractivity contribution in [1.82, 2.24) is 4.98 Å². The van der Waals surface area contributed by atoms with Crippen LogP contribution < -0.4 is 5.32 Å². The van der Waals surface area contributed by atoms with Crippen molar-refractivity contribution in [2.24, 2.45) is 0 Å². The Balaban J connectivity index is 2.20. The molecule has 0 unspecified atom stereocenters. The second-order valence-electron chi connectivity index (χ2n) is 4.23. The first-order valence-corrected chi connectivity index (χ1v) is 7.80. The number of hydrogen-bond donors (Lipinski definition) is 1. The van der Waals surface area contributed by atoms with Gasteiger partial charge in [-0.05, 0) is 44.5 Å². The minimum absolute atomic E-state index is 0.352. The molecule has 0 aliphatic rings. The molecule has 0 spiro atoms. The molecule has 0 amide bonds. The Morgan fingerprint density at radius 3 is 2.85 bits per heavy atom. The molecule has 4 nitrogen and oxygen atoms in total. The summed E-state index contributed by atoms with van der Waals surface area (Å²) in [5.41, 5.74) is 2.46. The molecular weight excluding hydrogens is 340 g/mol. The van der Waals surface area contributed by atoms with Crippen LogP contribution in [0.4, 0.5) is 10.8 Å². The molecule has 0 bridgehead atoms.